The first-order valence-corrected chi connectivity index (χ1v) is 22.4. The third-order valence-corrected chi connectivity index (χ3v) is 11.4. The second-order valence-electron chi connectivity index (χ2n) is 16.5. The number of unbranched alkanes of at least 4 members (excludes halogenated alkanes) is 9. The van der Waals surface area contributed by atoms with Gasteiger partial charge in [-0.05, 0) is 26.7 Å². The summed E-state index contributed by atoms with van der Waals surface area (Å²) in [4.78, 5) is 0. The summed E-state index contributed by atoms with van der Waals surface area (Å²) in [6.07, 6.45) is 16.0. The molecule has 22 nitrogen and oxygen atoms in total. The van der Waals surface area contributed by atoms with Crippen LogP contribution in [0.5, 0.6) is 0 Å². The Morgan fingerprint density at radius 2 is 0.790 bits per heavy atom. The molecule has 4 aromatic heterocycles. The Morgan fingerprint density at radius 1 is 0.435 bits per heavy atom. The van der Waals surface area contributed by atoms with Crippen LogP contribution in [-0.4, -0.2) is 157 Å². The molecule has 0 saturated carbocycles. The van der Waals surface area contributed by atoms with Crippen molar-refractivity contribution in [1.29, 1.82) is 0 Å². The molecule has 0 aromatic carbocycles. The molecule has 4 aromatic rings. The molecule has 2 fully saturated rings. The lowest BCUT2D eigenvalue weighted by Gasteiger charge is -2.12. The lowest BCUT2D eigenvalue weighted by atomic mass is 10.1. The molecule has 0 unspecified atom stereocenters. The minimum atomic E-state index is -0.913. The number of hydrogen-bond donors (Lipinski definition) is 6. The van der Waals surface area contributed by atoms with Crippen LogP contribution in [0.4, 0.5) is 0 Å². The van der Waals surface area contributed by atoms with Crippen LogP contribution < -0.4 is 10.6 Å². The standard InChI is InChI=1S/C40H68N14O8/c1-29-37(55)39(57)35(41-29)33-25-53(49-45-33)15-17-59-19-21-61-27-31-23-51(47-43-31)13-11-9-7-5-3-4-6-8-10-12-14-52-24-32(44-48-52)28-62-22-20-60-18-16-54-26-34(46-50-54)36-40(58)38(56)30(2)42-36/h23-26,29-30,35-42,55-58H,3-22,27-28H2,1-2H3/t29-,30-,35-,36-,37+,38+,39-,40-/m0/s1. The highest BCUT2D eigenvalue weighted by molar-refractivity contribution is 5.11. The van der Waals surface area contributed by atoms with E-state index >= 15 is 0 Å². The van der Waals surface area contributed by atoms with Crippen LogP contribution >= 0.6 is 0 Å². The summed E-state index contributed by atoms with van der Waals surface area (Å²) in [6.45, 7) is 9.88. The zero-order valence-electron chi connectivity index (χ0n) is 36.3. The lowest BCUT2D eigenvalue weighted by Crippen LogP contribution is -2.29. The minimum Gasteiger partial charge on any atom is -0.389 e. The van der Waals surface area contributed by atoms with Crippen molar-refractivity contribution in [3.05, 3.63) is 47.6 Å². The Kier molecular flexibility index (Phi) is 19.6. The first-order valence-electron chi connectivity index (χ1n) is 22.4. The molecule has 2 aliphatic rings. The van der Waals surface area contributed by atoms with E-state index in [0.717, 1.165) is 37.3 Å². The van der Waals surface area contributed by atoms with E-state index in [4.69, 9.17) is 18.9 Å². The molecule has 0 aliphatic carbocycles. The van der Waals surface area contributed by atoms with Crippen molar-refractivity contribution in [1.82, 2.24) is 70.6 Å². The third-order valence-electron chi connectivity index (χ3n) is 11.4. The van der Waals surface area contributed by atoms with Crippen LogP contribution in [0.25, 0.3) is 0 Å². The summed E-state index contributed by atoms with van der Waals surface area (Å²) >= 11 is 0. The third kappa shape index (κ3) is 14.9. The van der Waals surface area contributed by atoms with Gasteiger partial charge in [0.1, 0.15) is 35.0 Å². The van der Waals surface area contributed by atoms with Crippen molar-refractivity contribution in [2.24, 2.45) is 0 Å². The van der Waals surface area contributed by atoms with Crippen molar-refractivity contribution in [3.63, 3.8) is 0 Å². The second kappa shape index (κ2) is 25.5. The maximum atomic E-state index is 10.2. The van der Waals surface area contributed by atoms with E-state index < -0.39 is 36.5 Å². The summed E-state index contributed by atoms with van der Waals surface area (Å²) < 4.78 is 29.9. The number of aryl methyl sites for hydroxylation is 2. The molecule has 8 atom stereocenters. The molecule has 2 saturated heterocycles. The number of nitrogens with one attached hydrogen (secondary N) is 2. The first kappa shape index (κ1) is 47.6. The van der Waals surface area contributed by atoms with Gasteiger partial charge in [-0.25, -0.2) is 9.36 Å². The number of nitrogens with zero attached hydrogens (tertiary/aromatic N) is 12. The van der Waals surface area contributed by atoms with Crippen molar-refractivity contribution >= 4 is 0 Å². The Hall–Kier alpha value is -3.84. The zero-order chi connectivity index (χ0) is 43.5. The summed E-state index contributed by atoms with van der Waals surface area (Å²) in [5.74, 6) is 0. The highest BCUT2D eigenvalue weighted by Crippen LogP contribution is 2.27. The number of ether oxygens (including phenoxy) is 4. The fourth-order valence-corrected chi connectivity index (χ4v) is 7.70. The van der Waals surface area contributed by atoms with Gasteiger partial charge in [-0.3, -0.25) is 9.36 Å². The SMILES string of the molecule is C[C@@H]1N[C@@H](c2cn(CCOCCOCc3cn(CCCCCCCCCCCCn4cc(COCCOCCn5cc([C@@H]6N[C@@H](C)[C@@H](O)[C@H]6O)nn5)nn4)nn3)nn2)[C@H](O)[C@@H]1O. The number of aliphatic hydroxyl groups excluding tert-OH is 4. The van der Waals surface area contributed by atoms with E-state index in [0.29, 0.717) is 77.3 Å². The van der Waals surface area contributed by atoms with E-state index in [-0.39, 0.29) is 12.1 Å². The normalized spacial score (nSPS) is 23.9. The maximum absolute atomic E-state index is 10.2. The second-order valence-corrected chi connectivity index (χ2v) is 16.5. The van der Waals surface area contributed by atoms with Crippen LogP contribution in [0.3, 0.4) is 0 Å². The molecule has 6 N–H and O–H groups in total. The van der Waals surface area contributed by atoms with Gasteiger partial charge in [-0.2, -0.15) is 0 Å². The number of aliphatic hydroxyl groups is 4. The average molecular weight is 873 g/mol. The van der Waals surface area contributed by atoms with Gasteiger partial charge in [-0.15, -0.1) is 20.4 Å². The molecular formula is C40H68N14O8. The molecule has 22 heteroatoms. The van der Waals surface area contributed by atoms with Gasteiger partial charge in [0.25, 0.3) is 0 Å². The van der Waals surface area contributed by atoms with Gasteiger partial charge in [0.05, 0.1) is 115 Å². The van der Waals surface area contributed by atoms with E-state index in [1.165, 1.54) is 51.4 Å². The predicted molar refractivity (Wildman–Crippen MR) is 222 cm³/mol. The minimum absolute atomic E-state index is 0.210. The maximum Gasteiger partial charge on any atom is 0.108 e. The van der Waals surface area contributed by atoms with Crippen molar-refractivity contribution < 1.29 is 39.4 Å². The Morgan fingerprint density at radius 3 is 1.18 bits per heavy atom. The van der Waals surface area contributed by atoms with Crippen LogP contribution in [0, 0.1) is 0 Å². The van der Waals surface area contributed by atoms with Crippen molar-refractivity contribution in [2.45, 2.75) is 166 Å². The zero-order valence-corrected chi connectivity index (χ0v) is 36.3. The highest BCUT2D eigenvalue weighted by atomic mass is 16.5. The van der Waals surface area contributed by atoms with E-state index in [1.807, 2.05) is 35.6 Å². The van der Waals surface area contributed by atoms with Gasteiger partial charge in [0, 0.05) is 25.2 Å². The highest BCUT2D eigenvalue weighted by Gasteiger charge is 2.41. The molecule has 0 spiro atoms. The summed E-state index contributed by atoms with van der Waals surface area (Å²) in [5.41, 5.74) is 2.81. The molecule has 62 heavy (non-hydrogen) atoms. The van der Waals surface area contributed by atoms with Gasteiger partial charge < -0.3 is 50.0 Å². The Balaban J connectivity index is 0.671. The Bertz CT molecular complexity index is 1690. The van der Waals surface area contributed by atoms with Gasteiger partial charge >= 0.3 is 0 Å². The van der Waals surface area contributed by atoms with Crippen molar-refractivity contribution in [3.8, 4) is 0 Å². The smallest absolute Gasteiger partial charge is 0.108 e. The van der Waals surface area contributed by atoms with Crippen LogP contribution in [-0.2, 0) is 58.3 Å². The number of hydrogen-bond acceptors (Lipinski definition) is 18. The fourth-order valence-electron chi connectivity index (χ4n) is 7.70. The quantitative estimate of drug-likeness (QED) is 0.0379. The van der Waals surface area contributed by atoms with E-state index in [2.05, 4.69) is 51.9 Å². The molecule has 2 aliphatic heterocycles. The fraction of sp³-hybridized carbons (Fsp3) is 0.800. The van der Waals surface area contributed by atoms with Gasteiger partial charge in [-0.1, -0.05) is 72.2 Å². The van der Waals surface area contributed by atoms with Gasteiger partial charge in [0.15, 0.2) is 0 Å². The Labute approximate surface area is 362 Å². The summed E-state index contributed by atoms with van der Waals surface area (Å²) in [7, 11) is 0. The molecule has 6 heterocycles. The lowest BCUT2D eigenvalue weighted by molar-refractivity contribution is 0.0295. The largest absolute Gasteiger partial charge is 0.389 e. The van der Waals surface area contributed by atoms with Gasteiger partial charge in [0.2, 0.25) is 0 Å². The first-order chi connectivity index (χ1) is 30.2. The van der Waals surface area contributed by atoms with Crippen LogP contribution in [0.2, 0.25) is 0 Å². The number of rotatable bonds is 31. The summed E-state index contributed by atoms with van der Waals surface area (Å²) in [5, 5.41) is 80.0. The molecule has 6 rings (SSSR count). The molecule has 346 valence electrons. The topological polar surface area (TPSA) is 265 Å². The molecule has 0 radical (unpaired) electrons. The monoisotopic (exact) mass is 873 g/mol. The van der Waals surface area contributed by atoms with Crippen LogP contribution in [0.1, 0.15) is 113 Å². The molecule has 0 bridgehead atoms. The van der Waals surface area contributed by atoms with Crippen LogP contribution in [0.15, 0.2) is 24.8 Å². The van der Waals surface area contributed by atoms with E-state index in [9.17, 15) is 20.4 Å². The predicted octanol–water partition coefficient (Wildman–Crippen LogP) is 0.630. The average Bonchev–Trinajstić information content (AvgIpc) is 4.15. The van der Waals surface area contributed by atoms with E-state index in [1.54, 1.807) is 21.8 Å². The molecule has 0 amide bonds. The molecular weight excluding hydrogens is 805 g/mol. The number of aromatic nitrogens is 12. The summed E-state index contributed by atoms with van der Waals surface area (Å²) in [6, 6.07) is -1.29. The van der Waals surface area contributed by atoms with Crippen molar-refractivity contribution in [2.75, 3.05) is 39.6 Å².